The van der Waals surface area contributed by atoms with Crippen LogP contribution >= 0.6 is 0 Å². The van der Waals surface area contributed by atoms with E-state index in [9.17, 15) is 57.8 Å². The van der Waals surface area contributed by atoms with Crippen LogP contribution in [0.5, 0.6) is 11.5 Å². The van der Waals surface area contributed by atoms with Crippen LogP contribution in [0.15, 0.2) is 117 Å². The van der Waals surface area contributed by atoms with E-state index in [4.69, 9.17) is 0 Å². The SMILES string of the molecule is Cc1cc(Nc2cc(O)c(S(=O)(=O)O)c3ccccc23)ccc1S(=O)(=O)NC(=O)NS(=O)(=O)c1ccc(Nc2cc(O)c(S(=O)(=O)O)c3ccccc23)cc1C. The van der Waals surface area contributed by atoms with Crippen LogP contribution in [-0.2, 0) is 40.3 Å². The Labute approximate surface area is 320 Å². The van der Waals surface area contributed by atoms with Crippen LogP contribution in [0.1, 0.15) is 11.1 Å². The molecule has 0 radical (unpaired) electrons. The molecule has 6 aromatic carbocycles. The first-order valence-corrected chi connectivity index (χ1v) is 21.7. The molecule has 2 amide bonds. The standard InChI is InChI=1S/C35H30N4O13S4/c1-19-15-21(36-27-17-29(40)33(55(47,48)49)25-9-5-3-7-23(25)27)11-13-31(19)53(43,44)38-35(42)39-54(45,46)32-14-12-22(16-20(32)2)37-28-18-30(41)34(56(50,51)52)26-10-6-4-8-24(26)28/h3-18,36-37,40-41H,1-2H3,(H2,38,39,42)(H,47,48,49)(H,50,51,52). The molecule has 0 aliphatic carbocycles. The summed E-state index contributed by atoms with van der Waals surface area (Å²) in [5, 5.41) is 27.4. The summed E-state index contributed by atoms with van der Waals surface area (Å²) in [6.07, 6.45) is 0. The molecule has 0 saturated heterocycles. The average Bonchev–Trinajstić information content (AvgIpc) is 3.06. The molecular formula is C35H30N4O13S4. The van der Waals surface area contributed by atoms with Crippen molar-refractivity contribution in [2.45, 2.75) is 33.4 Å². The highest BCUT2D eigenvalue weighted by atomic mass is 32.2. The number of phenolic OH excluding ortho intramolecular Hbond substituents is 2. The Hall–Kier alpha value is -5.97. The minimum absolute atomic E-state index is 0.0163. The number of phenols is 2. The fourth-order valence-corrected chi connectivity index (χ4v) is 10.1. The molecule has 8 N–H and O–H groups in total. The zero-order chi connectivity index (χ0) is 41.0. The lowest BCUT2D eigenvalue weighted by atomic mass is 10.1. The van der Waals surface area contributed by atoms with Crippen molar-refractivity contribution in [3.63, 3.8) is 0 Å². The highest BCUT2D eigenvalue weighted by Gasteiger charge is 2.27. The van der Waals surface area contributed by atoms with Crippen LogP contribution < -0.4 is 20.1 Å². The Morgan fingerprint density at radius 1 is 0.500 bits per heavy atom. The van der Waals surface area contributed by atoms with E-state index >= 15 is 0 Å². The number of carbonyl (C=O) groups is 1. The van der Waals surface area contributed by atoms with Crippen molar-refractivity contribution < 1.29 is 57.8 Å². The van der Waals surface area contributed by atoms with Crippen LogP contribution in [0.25, 0.3) is 21.5 Å². The molecule has 0 aromatic heterocycles. The van der Waals surface area contributed by atoms with Gasteiger partial charge in [-0.1, -0.05) is 48.5 Å². The summed E-state index contributed by atoms with van der Waals surface area (Å²) in [4.78, 5) is 10.6. The van der Waals surface area contributed by atoms with Gasteiger partial charge in [0.25, 0.3) is 40.3 Å². The van der Waals surface area contributed by atoms with Gasteiger partial charge in [-0.05, 0) is 61.4 Å². The Morgan fingerprint density at radius 2 is 0.839 bits per heavy atom. The van der Waals surface area contributed by atoms with Gasteiger partial charge in [-0.25, -0.2) is 31.1 Å². The number of anilines is 4. The maximum absolute atomic E-state index is 13.2. The normalized spacial score (nSPS) is 12.4. The number of nitrogens with one attached hydrogen (secondary N) is 4. The lowest BCUT2D eigenvalue weighted by Crippen LogP contribution is -2.42. The van der Waals surface area contributed by atoms with Gasteiger partial charge in [0.15, 0.2) is 0 Å². The number of aryl methyl sites for hydroxylation is 2. The van der Waals surface area contributed by atoms with E-state index in [1.807, 2.05) is 0 Å². The third kappa shape index (κ3) is 7.89. The Bertz CT molecular complexity index is 2880. The number of benzene rings is 6. The van der Waals surface area contributed by atoms with Crippen molar-refractivity contribution in [3.05, 3.63) is 108 Å². The predicted molar refractivity (Wildman–Crippen MR) is 206 cm³/mol. The third-order valence-electron chi connectivity index (χ3n) is 8.41. The first kappa shape index (κ1) is 39.7. The molecule has 0 heterocycles. The van der Waals surface area contributed by atoms with E-state index in [0.717, 1.165) is 24.3 Å². The maximum Gasteiger partial charge on any atom is 0.342 e. The first-order valence-electron chi connectivity index (χ1n) is 15.9. The molecule has 0 saturated carbocycles. The summed E-state index contributed by atoms with van der Waals surface area (Å²) in [6.45, 7) is 2.80. The highest BCUT2D eigenvalue weighted by molar-refractivity contribution is 7.91. The van der Waals surface area contributed by atoms with Gasteiger partial charge in [0, 0.05) is 45.1 Å². The molecule has 56 heavy (non-hydrogen) atoms. The third-order valence-corrected chi connectivity index (χ3v) is 13.3. The summed E-state index contributed by atoms with van der Waals surface area (Å²) in [5.41, 5.74) is 1.20. The molecule has 0 aliphatic heterocycles. The molecule has 0 spiro atoms. The van der Waals surface area contributed by atoms with Crippen molar-refractivity contribution in [2.75, 3.05) is 10.6 Å². The molecule has 0 aliphatic rings. The number of fused-ring (bicyclic) bond motifs is 2. The minimum atomic E-state index is -4.79. The first-order chi connectivity index (χ1) is 26.1. The predicted octanol–water partition coefficient (Wildman–Crippen LogP) is 5.38. The number of aromatic hydroxyl groups is 2. The van der Waals surface area contributed by atoms with Crippen molar-refractivity contribution in [3.8, 4) is 11.5 Å². The second-order valence-corrected chi connectivity index (χ2v) is 18.4. The Morgan fingerprint density at radius 3 is 1.16 bits per heavy atom. The van der Waals surface area contributed by atoms with Crippen molar-refractivity contribution >= 4 is 90.6 Å². The molecule has 0 atom stereocenters. The molecule has 0 unspecified atom stereocenters. The van der Waals surface area contributed by atoms with Crippen LogP contribution in [0.4, 0.5) is 27.5 Å². The number of hydrogen-bond donors (Lipinski definition) is 8. The van der Waals surface area contributed by atoms with E-state index in [1.165, 1.54) is 74.5 Å². The van der Waals surface area contributed by atoms with Crippen LogP contribution in [-0.4, -0.2) is 59.0 Å². The van der Waals surface area contributed by atoms with Gasteiger partial charge >= 0.3 is 6.03 Å². The zero-order valence-electron chi connectivity index (χ0n) is 28.8. The minimum Gasteiger partial charge on any atom is -0.506 e. The Balaban J connectivity index is 1.18. The van der Waals surface area contributed by atoms with Crippen LogP contribution in [0.3, 0.4) is 0 Å². The number of hydrogen-bond acceptors (Lipinski definition) is 13. The van der Waals surface area contributed by atoms with Crippen LogP contribution in [0.2, 0.25) is 0 Å². The van der Waals surface area contributed by atoms with Gasteiger partial charge in [-0.15, -0.1) is 0 Å². The van der Waals surface area contributed by atoms with Crippen molar-refractivity contribution in [1.29, 1.82) is 0 Å². The topological polar surface area (TPSA) is 283 Å². The second kappa shape index (κ2) is 14.3. The monoisotopic (exact) mass is 842 g/mol. The number of urea groups is 1. The van der Waals surface area contributed by atoms with E-state index < -0.39 is 67.6 Å². The van der Waals surface area contributed by atoms with Gasteiger partial charge in [0.1, 0.15) is 21.3 Å². The highest BCUT2D eigenvalue weighted by Crippen LogP contribution is 2.40. The number of carbonyl (C=O) groups excluding carboxylic acids is 1. The molecule has 17 nitrogen and oxygen atoms in total. The Kier molecular flexibility index (Phi) is 10.1. The fourth-order valence-electron chi connectivity index (χ4n) is 6.16. The summed E-state index contributed by atoms with van der Waals surface area (Å²) in [5.74, 6) is -1.47. The molecule has 21 heteroatoms. The molecule has 0 bridgehead atoms. The number of sulfonamides is 2. The van der Waals surface area contributed by atoms with Gasteiger partial charge in [-0.2, -0.15) is 16.8 Å². The fraction of sp³-hybridized carbons (Fsp3) is 0.0571. The molecular weight excluding hydrogens is 813 g/mol. The van der Waals surface area contributed by atoms with E-state index in [0.29, 0.717) is 10.8 Å². The smallest absolute Gasteiger partial charge is 0.342 e. The summed E-state index contributed by atoms with van der Waals surface area (Å²) in [6, 6.07) is 20.2. The van der Waals surface area contributed by atoms with E-state index in [1.54, 1.807) is 21.6 Å². The maximum atomic E-state index is 13.2. The largest absolute Gasteiger partial charge is 0.506 e. The van der Waals surface area contributed by atoms with Gasteiger partial charge in [0.05, 0.1) is 21.2 Å². The van der Waals surface area contributed by atoms with Gasteiger partial charge in [0.2, 0.25) is 0 Å². The number of rotatable bonds is 10. The molecule has 0 fully saturated rings. The van der Waals surface area contributed by atoms with Crippen molar-refractivity contribution in [2.24, 2.45) is 0 Å². The van der Waals surface area contributed by atoms with E-state index in [-0.39, 0.29) is 54.4 Å². The summed E-state index contributed by atoms with van der Waals surface area (Å²) in [7, 11) is -18.9. The average molecular weight is 843 g/mol. The number of amides is 2. The lowest BCUT2D eigenvalue weighted by molar-refractivity contribution is 0.250. The van der Waals surface area contributed by atoms with Gasteiger partial charge < -0.3 is 20.8 Å². The molecule has 6 rings (SSSR count). The van der Waals surface area contributed by atoms with Crippen LogP contribution in [0, 0.1) is 13.8 Å². The van der Waals surface area contributed by atoms with Crippen molar-refractivity contribution in [1.82, 2.24) is 9.44 Å². The zero-order valence-corrected chi connectivity index (χ0v) is 32.1. The van der Waals surface area contributed by atoms with Gasteiger partial charge in [-0.3, -0.25) is 9.11 Å². The lowest BCUT2D eigenvalue weighted by Gasteiger charge is -2.16. The molecule has 6 aromatic rings. The quantitative estimate of drug-likeness (QED) is 0.0804. The summed E-state index contributed by atoms with van der Waals surface area (Å²) >= 11 is 0. The molecule has 292 valence electrons. The van der Waals surface area contributed by atoms with E-state index in [2.05, 4.69) is 10.6 Å². The summed E-state index contributed by atoms with van der Waals surface area (Å²) < 4.78 is 123. The second-order valence-electron chi connectivity index (χ2n) is 12.3.